The monoisotopic (exact) mass is 815 g/mol. The molecule has 0 radical (unpaired) electrons. The standard InChI is InChI=1S/C45H45N5O8S/c1-28(45(56)57)46-41(52)36-25-31-16-20-34(21-17-31)58-27-40(51)47-39(26-35-13-8-22-59-35)44(55)50-38(24-30-14-18-33(19-15-30)32-11-6-3-7-12-32)43(54)49-37(42(53)48-36)23-29-9-4-2-5-10-29/h2-22,28,36-39H,23-27H2,1H3,(H,46,52)(H,47,51)(H,48,53)(H,49,54)(H,50,55)(H,56,57)/t28-,36-,37-,38-,39-/m0/s1. The van der Waals surface area contributed by atoms with Crippen LogP contribution in [0.4, 0.5) is 0 Å². The average molecular weight is 816 g/mol. The normalized spacial score (nSPS) is 19.6. The molecule has 2 aliphatic rings. The van der Waals surface area contributed by atoms with Crippen molar-refractivity contribution >= 4 is 46.8 Å². The van der Waals surface area contributed by atoms with Crippen LogP contribution in [0.25, 0.3) is 11.1 Å². The van der Waals surface area contributed by atoms with E-state index < -0.39 is 72.3 Å². The van der Waals surface area contributed by atoms with Crippen molar-refractivity contribution < 1.29 is 38.6 Å². The third kappa shape index (κ3) is 12.1. The van der Waals surface area contributed by atoms with Crippen molar-refractivity contribution in [1.82, 2.24) is 26.6 Å². The number of hydrogen-bond donors (Lipinski definition) is 6. The van der Waals surface area contributed by atoms with Crippen molar-refractivity contribution in [2.24, 2.45) is 0 Å². The van der Waals surface area contributed by atoms with E-state index in [0.717, 1.165) is 16.0 Å². The van der Waals surface area contributed by atoms with Gasteiger partial charge in [-0.1, -0.05) is 103 Å². The van der Waals surface area contributed by atoms with Gasteiger partial charge in [0.05, 0.1) is 0 Å². The molecule has 4 aromatic carbocycles. The number of carbonyl (C=O) groups excluding carboxylic acids is 5. The lowest BCUT2D eigenvalue weighted by Gasteiger charge is -2.27. The van der Waals surface area contributed by atoms with Crippen LogP contribution in [0.2, 0.25) is 0 Å². The molecule has 14 heteroatoms. The zero-order valence-corrected chi connectivity index (χ0v) is 33.1. The average Bonchev–Trinajstić information content (AvgIpc) is 3.76. The molecule has 59 heavy (non-hydrogen) atoms. The molecule has 0 saturated heterocycles. The van der Waals surface area contributed by atoms with Gasteiger partial charge in [0.2, 0.25) is 23.6 Å². The number of carboxylic acids is 1. The van der Waals surface area contributed by atoms with Gasteiger partial charge < -0.3 is 36.4 Å². The highest BCUT2D eigenvalue weighted by molar-refractivity contribution is 7.09. The Kier molecular flexibility index (Phi) is 14.2. The number of rotatable bonds is 10. The van der Waals surface area contributed by atoms with E-state index in [-0.39, 0.29) is 25.7 Å². The first-order valence-corrected chi connectivity index (χ1v) is 20.0. The third-order valence-corrected chi connectivity index (χ3v) is 10.7. The molecule has 5 atom stereocenters. The molecule has 13 nitrogen and oxygen atoms in total. The number of carboxylic acid groups (broad SMARTS) is 1. The highest BCUT2D eigenvalue weighted by Crippen LogP contribution is 2.21. The molecule has 0 saturated carbocycles. The zero-order chi connectivity index (χ0) is 41.7. The lowest BCUT2D eigenvalue weighted by molar-refractivity contribution is -0.141. The van der Waals surface area contributed by atoms with Gasteiger partial charge in [-0.2, -0.15) is 0 Å². The minimum atomic E-state index is -1.26. The van der Waals surface area contributed by atoms with E-state index in [4.69, 9.17) is 4.74 Å². The maximum Gasteiger partial charge on any atom is 0.325 e. The van der Waals surface area contributed by atoms with Crippen molar-refractivity contribution in [3.05, 3.63) is 148 Å². The summed E-state index contributed by atoms with van der Waals surface area (Å²) >= 11 is 1.42. The van der Waals surface area contributed by atoms with Crippen LogP contribution in [-0.4, -0.2) is 77.4 Å². The first-order chi connectivity index (χ1) is 28.5. The fourth-order valence-electron chi connectivity index (χ4n) is 6.55. The van der Waals surface area contributed by atoms with E-state index in [0.29, 0.717) is 22.4 Å². The predicted molar refractivity (Wildman–Crippen MR) is 222 cm³/mol. The number of amides is 5. The summed E-state index contributed by atoms with van der Waals surface area (Å²) in [7, 11) is 0. The van der Waals surface area contributed by atoms with Crippen molar-refractivity contribution in [3.8, 4) is 16.9 Å². The van der Waals surface area contributed by atoms with E-state index in [1.807, 2.05) is 78.2 Å². The summed E-state index contributed by atoms with van der Waals surface area (Å²) in [5.74, 6) is -4.25. The van der Waals surface area contributed by atoms with Crippen LogP contribution in [0.3, 0.4) is 0 Å². The van der Waals surface area contributed by atoms with E-state index in [9.17, 15) is 33.9 Å². The largest absolute Gasteiger partial charge is 0.484 e. The minimum absolute atomic E-state index is 0.0216. The number of ether oxygens (including phenoxy) is 1. The maximum atomic E-state index is 14.5. The second-order valence-corrected chi connectivity index (χ2v) is 15.3. The van der Waals surface area contributed by atoms with Crippen LogP contribution in [0.5, 0.6) is 5.75 Å². The van der Waals surface area contributed by atoms with Gasteiger partial charge in [-0.05, 0) is 58.3 Å². The Labute approximate surface area is 345 Å². The van der Waals surface area contributed by atoms with Gasteiger partial charge in [-0.25, -0.2) is 0 Å². The van der Waals surface area contributed by atoms with Gasteiger partial charge >= 0.3 is 5.97 Å². The number of benzene rings is 4. The first-order valence-electron chi connectivity index (χ1n) is 19.2. The van der Waals surface area contributed by atoms with Crippen LogP contribution < -0.4 is 31.3 Å². The molecule has 0 aliphatic carbocycles. The Hall–Kier alpha value is -6.80. The maximum absolute atomic E-state index is 14.5. The van der Waals surface area contributed by atoms with E-state index in [1.165, 1.54) is 18.3 Å². The smallest absolute Gasteiger partial charge is 0.325 e. The number of thiophene rings is 1. The van der Waals surface area contributed by atoms with Crippen molar-refractivity contribution in [2.45, 2.75) is 62.8 Å². The van der Waals surface area contributed by atoms with E-state index in [2.05, 4.69) is 26.6 Å². The van der Waals surface area contributed by atoms with Crippen LogP contribution in [0, 0.1) is 0 Å². The van der Waals surface area contributed by atoms with Crippen LogP contribution >= 0.6 is 11.3 Å². The molecule has 304 valence electrons. The number of hydrogen-bond acceptors (Lipinski definition) is 8. The van der Waals surface area contributed by atoms with Crippen molar-refractivity contribution in [1.29, 1.82) is 0 Å². The Morgan fingerprint density at radius 3 is 1.83 bits per heavy atom. The number of aliphatic carboxylic acids is 1. The molecule has 7 rings (SSSR count). The van der Waals surface area contributed by atoms with Crippen molar-refractivity contribution in [3.63, 3.8) is 0 Å². The Morgan fingerprint density at radius 1 is 0.678 bits per heavy atom. The minimum Gasteiger partial charge on any atom is -0.484 e. The Balaban J connectivity index is 1.36. The SMILES string of the molecule is C[C@H](NC(=O)[C@@H]1Cc2ccc(cc2)OCC(=O)N[C@@H](Cc2cccs2)C(=O)N[C@@H](Cc2ccc(-c3ccccc3)cc2)C(=O)N[C@@H](Cc2ccccc2)C(=O)N1)C(=O)O. The molecular formula is C45H45N5O8S. The molecule has 6 N–H and O–H groups in total. The van der Waals surface area contributed by atoms with Gasteiger partial charge in [-0.3, -0.25) is 28.8 Å². The fraction of sp³-hybridized carbons (Fsp3) is 0.244. The summed E-state index contributed by atoms with van der Waals surface area (Å²) in [6, 6.07) is 30.4. The van der Waals surface area contributed by atoms with Crippen LogP contribution in [0.15, 0.2) is 127 Å². The topological polar surface area (TPSA) is 192 Å². The highest BCUT2D eigenvalue weighted by Gasteiger charge is 2.33. The predicted octanol–water partition coefficient (Wildman–Crippen LogP) is 3.61. The second kappa shape index (κ2) is 20.1. The lowest BCUT2D eigenvalue weighted by Crippen LogP contribution is -2.60. The number of fused-ring (bicyclic) bond motifs is 16. The summed E-state index contributed by atoms with van der Waals surface area (Å²) in [5.41, 5.74) is 3.97. The van der Waals surface area contributed by atoms with E-state index in [1.54, 1.807) is 48.5 Å². The van der Waals surface area contributed by atoms with Gasteiger partial charge in [0, 0.05) is 30.6 Å². The summed E-state index contributed by atoms with van der Waals surface area (Å²) in [4.78, 5) is 82.3. The molecule has 2 aliphatic heterocycles. The fourth-order valence-corrected chi connectivity index (χ4v) is 7.30. The van der Waals surface area contributed by atoms with Gasteiger partial charge in [0.25, 0.3) is 5.91 Å². The highest BCUT2D eigenvalue weighted by atomic mass is 32.1. The molecule has 5 aromatic rings. The third-order valence-electron chi connectivity index (χ3n) is 9.78. The Bertz CT molecular complexity index is 2220. The molecule has 5 amide bonds. The summed E-state index contributed by atoms with van der Waals surface area (Å²) in [6.45, 7) is 0.891. The second-order valence-electron chi connectivity index (χ2n) is 14.2. The molecule has 0 spiro atoms. The summed E-state index contributed by atoms with van der Waals surface area (Å²) < 4.78 is 5.74. The van der Waals surface area contributed by atoms with Gasteiger partial charge in [0.1, 0.15) is 36.0 Å². The van der Waals surface area contributed by atoms with Crippen LogP contribution in [0.1, 0.15) is 28.5 Å². The van der Waals surface area contributed by atoms with E-state index >= 15 is 0 Å². The molecule has 0 unspecified atom stereocenters. The molecule has 3 heterocycles. The molecule has 1 aromatic heterocycles. The number of carbonyl (C=O) groups is 6. The summed E-state index contributed by atoms with van der Waals surface area (Å²) in [5, 5.41) is 25.0. The first kappa shape index (κ1) is 41.8. The molecule has 0 fully saturated rings. The number of nitrogens with one attached hydrogen (secondary N) is 5. The molecule has 2 bridgehead atoms. The van der Waals surface area contributed by atoms with Crippen LogP contribution in [-0.2, 0) is 54.5 Å². The van der Waals surface area contributed by atoms with Gasteiger partial charge in [0.15, 0.2) is 6.61 Å². The quantitative estimate of drug-likeness (QED) is 0.115. The molecular weight excluding hydrogens is 771 g/mol. The summed E-state index contributed by atoms with van der Waals surface area (Å²) in [6.07, 6.45) is 0.154. The Morgan fingerprint density at radius 2 is 1.24 bits per heavy atom. The van der Waals surface area contributed by atoms with Gasteiger partial charge in [-0.15, -0.1) is 11.3 Å². The van der Waals surface area contributed by atoms with Crippen molar-refractivity contribution in [2.75, 3.05) is 6.61 Å². The zero-order valence-electron chi connectivity index (χ0n) is 32.3. The lowest BCUT2D eigenvalue weighted by atomic mass is 9.99.